The number of benzene rings is 3. The highest BCUT2D eigenvalue weighted by atomic mass is 35.5. The van der Waals surface area contributed by atoms with E-state index in [0.29, 0.717) is 54.7 Å². The number of carbonyl (C=O) groups excluding carboxylic acids is 2. The Labute approximate surface area is 270 Å². The number of ether oxygens (including phenoxy) is 2. The Balaban J connectivity index is 1.37. The van der Waals surface area contributed by atoms with Crippen LogP contribution in [0.4, 0.5) is 17.1 Å². The van der Waals surface area contributed by atoms with Gasteiger partial charge in [0.2, 0.25) is 5.91 Å². The van der Waals surface area contributed by atoms with Crippen LogP contribution in [0, 0.1) is 12.3 Å². The number of hydrogen-bond acceptors (Lipinski definition) is 7. The summed E-state index contributed by atoms with van der Waals surface area (Å²) < 4.78 is 11.2. The zero-order chi connectivity index (χ0) is 31.9. The molecule has 0 radical (unpaired) electrons. The number of nitrogens with zero attached hydrogens (tertiary/aromatic N) is 3. The highest BCUT2D eigenvalue weighted by molar-refractivity contribution is 6.30. The molecule has 6 rings (SSSR count). The Morgan fingerprint density at radius 3 is 2.40 bits per heavy atom. The highest BCUT2D eigenvalue weighted by Gasteiger charge is 2.42. The number of fused-ring (bicyclic) bond motifs is 1. The number of rotatable bonds is 6. The van der Waals surface area contributed by atoms with Crippen LogP contribution in [0.25, 0.3) is 0 Å². The number of nitrogens with one attached hydrogen (secondary N) is 1. The second kappa shape index (κ2) is 12.3. The molecule has 1 aliphatic carbocycles. The van der Waals surface area contributed by atoms with Crippen molar-refractivity contribution in [1.82, 2.24) is 4.90 Å². The van der Waals surface area contributed by atoms with Crippen molar-refractivity contribution < 1.29 is 19.1 Å². The highest BCUT2D eigenvalue weighted by Crippen LogP contribution is 2.49. The average molecular weight is 629 g/mol. The fourth-order valence-corrected chi connectivity index (χ4v) is 7.13. The number of ketones is 1. The summed E-state index contributed by atoms with van der Waals surface area (Å²) >= 11 is 6.31. The Hall–Kier alpha value is -4.17. The smallest absolute Gasteiger partial charge is 0.242 e. The standard InChI is InChI=1S/C36H41ClN4O4/c1-23-10-12-25(37)19-29(23)39-14-16-40(17-15-39)33(43)22-41-28-9-7-6-8-26(28)38-27-20-36(2,3)21-30(42)34(27)35(41)24-11-13-31(44-4)32(18-24)45-5/h6-13,18-19,35,38H,14-17,20-22H2,1-5H3. The zero-order valence-electron chi connectivity index (χ0n) is 26.7. The summed E-state index contributed by atoms with van der Waals surface area (Å²) in [5, 5.41) is 4.34. The Kier molecular flexibility index (Phi) is 8.44. The molecule has 1 amide bonds. The molecule has 45 heavy (non-hydrogen) atoms. The summed E-state index contributed by atoms with van der Waals surface area (Å²) in [6.45, 7) is 9.08. The van der Waals surface area contributed by atoms with E-state index in [1.807, 2.05) is 65.6 Å². The Morgan fingerprint density at radius 1 is 0.933 bits per heavy atom. The molecule has 0 spiro atoms. The van der Waals surface area contributed by atoms with Gasteiger partial charge in [0, 0.05) is 54.6 Å². The van der Waals surface area contributed by atoms with Gasteiger partial charge in [0.25, 0.3) is 0 Å². The molecule has 3 aliphatic rings. The third-order valence-electron chi connectivity index (χ3n) is 9.18. The van der Waals surface area contributed by atoms with Gasteiger partial charge in [-0.1, -0.05) is 49.7 Å². The molecule has 1 atom stereocenters. The first-order chi connectivity index (χ1) is 21.6. The second-order valence-electron chi connectivity index (χ2n) is 12.9. The van der Waals surface area contributed by atoms with Crippen molar-refractivity contribution in [3.05, 3.63) is 88.1 Å². The number of carbonyl (C=O) groups is 2. The first kappa shape index (κ1) is 30.8. The van der Waals surface area contributed by atoms with Gasteiger partial charge in [-0.25, -0.2) is 0 Å². The van der Waals surface area contributed by atoms with Gasteiger partial charge < -0.3 is 29.5 Å². The van der Waals surface area contributed by atoms with Crippen LogP contribution in [0.5, 0.6) is 11.5 Å². The molecule has 1 N–H and O–H groups in total. The van der Waals surface area contributed by atoms with Crippen LogP contribution in [0.1, 0.15) is 43.9 Å². The molecule has 0 saturated carbocycles. The largest absolute Gasteiger partial charge is 0.493 e. The van der Waals surface area contributed by atoms with Crippen molar-refractivity contribution in [3.63, 3.8) is 0 Å². The van der Waals surface area contributed by atoms with Gasteiger partial charge in [0.15, 0.2) is 17.3 Å². The topological polar surface area (TPSA) is 74.4 Å². The van der Waals surface area contributed by atoms with Gasteiger partial charge in [-0.3, -0.25) is 9.59 Å². The number of aryl methyl sites for hydroxylation is 1. The van der Waals surface area contributed by atoms with Crippen molar-refractivity contribution in [2.45, 2.75) is 39.7 Å². The number of Topliss-reactive ketones (excluding diaryl/α,β-unsaturated/α-hetero) is 1. The van der Waals surface area contributed by atoms with Crippen LogP contribution in [0.3, 0.4) is 0 Å². The fourth-order valence-electron chi connectivity index (χ4n) is 6.96. The van der Waals surface area contributed by atoms with Crippen LogP contribution in [0.2, 0.25) is 5.02 Å². The molecule has 0 bridgehead atoms. The van der Waals surface area contributed by atoms with Crippen LogP contribution < -0.4 is 24.6 Å². The summed E-state index contributed by atoms with van der Waals surface area (Å²) in [4.78, 5) is 34.6. The summed E-state index contributed by atoms with van der Waals surface area (Å²) in [6, 6.07) is 19.2. The molecular formula is C36H41ClN4O4. The lowest BCUT2D eigenvalue weighted by Crippen LogP contribution is -2.52. The first-order valence-electron chi connectivity index (χ1n) is 15.5. The third kappa shape index (κ3) is 6.08. The first-order valence-corrected chi connectivity index (χ1v) is 15.9. The molecule has 3 aromatic carbocycles. The molecule has 236 valence electrons. The summed E-state index contributed by atoms with van der Waals surface area (Å²) in [7, 11) is 3.21. The molecule has 2 aliphatic heterocycles. The predicted molar refractivity (Wildman–Crippen MR) is 180 cm³/mol. The zero-order valence-corrected chi connectivity index (χ0v) is 27.4. The normalized spacial score (nSPS) is 19.4. The number of amides is 1. The van der Waals surface area contributed by atoms with E-state index in [1.54, 1.807) is 14.2 Å². The van der Waals surface area contributed by atoms with E-state index in [9.17, 15) is 9.59 Å². The van der Waals surface area contributed by atoms with Crippen LogP contribution in [-0.4, -0.2) is 63.5 Å². The number of piperazine rings is 1. The maximum Gasteiger partial charge on any atom is 0.242 e. The SMILES string of the molecule is COc1ccc(C2C3=C(CC(C)(C)CC3=O)Nc3ccccc3N2CC(=O)N2CCN(c3cc(Cl)ccc3C)CC2)cc1OC. The average Bonchev–Trinajstić information content (AvgIpc) is 3.15. The third-order valence-corrected chi connectivity index (χ3v) is 9.41. The lowest BCUT2D eigenvalue weighted by molar-refractivity contribution is -0.130. The van der Waals surface area contributed by atoms with Crippen molar-refractivity contribution in [3.8, 4) is 11.5 Å². The van der Waals surface area contributed by atoms with Crippen molar-refractivity contribution >= 4 is 40.4 Å². The molecule has 3 aromatic rings. The van der Waals surface area contributed by atoms with Gasteiger partial charge in [-0.2, -0.15) is 0 Å². The predicted octanol–water partition coefficient (Wildman–Crippen LogP) is 6.63. The lowest BCUT2D eigenvalue weighted by atomic mass is 9.73. The van der Waals surface area contributed by atoms with Crippen molar-refractivity contribution in [1.29, 1.82) is 0 Å². The molecular weight excluding hydrogens is 588 g/mol. The fraction of sp³-hybridized carbons (Fsp3) is 0.389. The molecule has 2 heterocycles. The Morgan fingerprint density at radius 2 is 1.67 bits per heavy atom. The van der Waals surface area contributed by atoms with E-state index in [1.165, 1.54) is 0 Å². The maximum atomic E-state index is 14.2. The number of anilines is 3. The van der Waals surface area contributed by atoms with E-state index in [4.69, 9.17) is 21.1 Å². The quantitative estimate of drug-likeness (QED) is 0.328. The van der Waals surface area contributed by atoms with E-state index in [0.717, 1.165) is 40.3 Å². The summed E-state index contributed by atoms with van der Waals surface area (Å²) in [5.41, 5.74) is 6.30. The molecule has 1 saturated heterocycles. The van der Waals surface area contributed by atoms with Crippen molar-refractivity contribution in [2.75, 3.05) is 62.1 Å². The molecule has 1 unspecified atom stereocenters. The Bertz CT molecular complexity index is 1660. The monoisotopic (exact) mass is 628 g/mol. The van der Waals surface area contributed by atoms with E-state index in [-0.39, 0.29) is 23.7 Å². The molecule has 1 fully saturated rings. The van der Waals surface area contributed by atoms with Crippen LogP contribution >= 0.6 is 11.6 Å². The number of allylic oxidation sites excluding steroid dienone is 1. The van der Waals surface area contributed by atoms with E-state index in [2.05, 4.69) is 35.9 Å². The molecule has 9 heteroatoms. The number of methoxy groups -OCH3 is 2. The van der Waals surface area contributed by atoms with Crippen LogP contribution in [-0.2, 0) is 9.59 Å². The minimum absolute atomic E-state index is 0.0189. The van der Waals surface area contributed by atoms with Gasteiger partial charge in [0.1, 0.15) is 0 Å². The minimum atomic E-state index is -0.501. The van der Waals surface area contributed by atoms with Gasteiger partial charge >= 0.3 is 0 Å². The van der Waals surface area contributed by atoms with Gasteiger partial charge in [-0.05, 0) is 66.3 Å². The number of halogens is 1. The molecule has 8 nitrogen and oxygen atoms in total. The number of hydrogen-bond donors (Lipinski definition) is 1. The van der Waals surface area contributed by atoms with Crippen LogP contribution in [0.15, 0.2) is 71.9 Å². The van der Waals surface area contributed by atoms with E-state index < -0.39 is 6.04 Å². The van der Waals surface area contributed by atoms with Gasteiger partial charge in [0.05, 0.1) is 38.2 Å². The minimum Gasteiger partial charge on any atom is -0.493 e. The summed E-state index contributed by atoms with van der Waals surface area (Å²) in [6.07, 6.45) is 1.15. The van der Waals surface area contributed by atoms with Gasteiger partial charge in [-0.15, -0.1) is 0 Å². The lowest BCUT2D eigenvalue weighted by Gasteiger charge is -2.40. The molecule has 0 aromatic heterocycles. The number of para-hydroxylation sites is 2. The maximum absolute atomic E-state index is 14.2. The second-order valence-corrected chi connectivity index (χ2v) is 13.4. The summed E-state index contributed by atoms with van der Waals surface area (Å²) in [5.74, 6) is 1.29. The van der Waals surface area contributed by atoms with E-state index >= 15 is 0 Å². The van der Waals surface area contributed by atoms with Crippen molar-refractivity contribution in [2.24, 2.45) is 5.41 Å².